The van der Waals surface area contributed by atoms with Gasteiger partial charge in [-0.05, 0) is 49.4 Å². The molecule has 11 heteroatoms. The predicted octanol–water partition coefficient (Wildman–Crippen LogP) is 5.51. The normalized spacial score (nSPS) is 11.6. The minimum absolute atomic E-state index is 0.0785. The molecule has 1 amide bonds. The Labute approximate surface area is 215 Å². The second-order valence-electron chi connectivity index (χ2n) is 7.87. The van der Waals surface area contributed by atoms with Crippen LogP contribution in [0.25, 0.3) is 17.1 Å². The summed E-state index contributed by atoms with van der Waals surface area (Å²) in [5, 5.41) is 12.8. The number of hydrazone groups is 1. The van der Waals surface area contributed by atoms with Crippen molar-refractivity contribution in [3.8, 4) is 22.8 Å². The number of hydrogen-bond donors (Lipinski definition) is 1. The number of alkyl halides is 3. The molecule has 0 aliphatic rings. The lowest BCUT2D eigenvalue weighted by Crippen LogP contribution is -2.20. The molecule has 3 aromatic carbocycles. The van der Waals surface area contributed by atoms with Gasteiger partial charge < -0.3 is 4.74 Å². The topological polar surface area (TPSA) is 81.4 Å². The molecule has 0 radical (unpaired) electrons. The monoisotopic (exact) mass is 525 g/mol. The third-order valence-corrected chi connectivity index (χ3v) is 6.19. The van der Waals surface area contributed by atoms with E-state index in [1.54, 1.807) is 7.11 Å². The van der Waals surface area contributed by atoms with Gasteiger partial charge in [0.1, 0.15) is 5.75 Å². The number of ether oxygens (including phenoxy) is 1. The van der Waals surface area contributed by atoms with Crippen LogP contribution in [0.1, 0.15) is 16.7 Å². The quantitative estimate of drug-likeness (QED) is 0.186. The first-order chi connectivity index (χ1) is 17.8. The number of nitrogens with zero attached hydrogens (tertiary/aromatic N) is 4. The highest BCUT2D eigenvalue weighted by atomic mass is 32.2. The Morgan fingerprint density at radius 3 is 2.43 bits per heavy atom. The van der Waals surface area contributed by atoms with Crippen LogP contribution in [0.2, 0.25) is 0 Å². The summed E-state index contributed by atoms with van der Waals surface area (Å²) in [4.78, 5) is 12.4. The summed E-state index contributed by atoms with van der Waals surface area (Å²) in [6.45, 7) is 1.98. The van der Waals surface area contributed by atoms with Crippen molar-refractivity contribution in [3.05, 3.63) is 89.5 Å². The van der Waals surface area contributed by atoms with E-state index in [4.69, 9.17) is 4.74 Å². The largest absolute Gasteiger partial charge is 0.497 e. The lowest BCUT2D eigenvalue weighted by molar-refractivity contribution is -0.137. The lowest BCUT2D eigenvalue weighted by Gasteiger charge is -2.11. The van der Waals surface area contributed by atoms with Crippen LogP contribution in [-0.4, -0.2) is 39.7 Å². The molecule has 0 aliphatic heterocycles. The predicted molar refractivity (Wildman–Crippen MR) is 136 cm³/mol. The zero-order chi connectivity index (χ0) is 26.4. The van der Waals surface area contributed by atoms with Gasteiger partial charge in [0.05, 0.1) is 24.6 Å². The summed E-state index contributed by atoms with van der Waals surface area (Å²) in [5.74, 6) is 0.700. The summed E-state index contributed by atoms with van der Waals surface area (Å²) in [6, 6.07) is 20.1. The Kier molecular flexibility index (Phi) is 7.92. The molecular formula is C26H22F3N5O2S. The van der Waals surface area contributed by atoms with Crippen LogP contribution < -0.4 is 10.2 Å². The Bertz CT molecular complexity index is 1400. The molecular weight excluding hydrogens is 503 g/mol. The van der Waals surface area contributed by atoms with E-state index in [9.17, 15) is 18.0 Å². The molecule has 1 heterocycles. The molecule has 0 spiro atoms. The van der Waals surface area contributed by atoms with Gasteiger partial charge >= 0.3 is 6.18 Å². The van der Waals surface area contributed by atoms with E-state index in [-0.39, 0.29) is 11.3 Å². The Morgan fingerprint density at radius 2 is 1.76 bits per heavy atom. The average Bonchev–Trinajstić information content (AvgIpc) is 3.31. The third-order valence-electron chi connectivity index (χ3n) is 5.27. The number of thioether (sulfide) groups is 1. The van der Waals surface area contributed by atoms with E-state index < -0.39 is 17.6 Å². The lowest BCUT2D eigenvalue weighted by atomic mass is 10.1. The molecule has 4 aromatic rings. The van der Waals surface area contributed by atoms with Gasteiger partial charge in [0.15, 0.2) is 11.0 Å². The van der Waals surface area contributed by atoms with E-state index in [0.717, 1.165) is 40.9 Å². The van der Waals surface area contributed by atoms with Crippen molar-refractivity contribution in [2.24, 2.45) is 5.10 Å². The first kappa shape index (κ1) is 26.0. The average molecular weight is 526 g/mol. The zero-order valence-corrected chi connectivity index (χ0v) is 20.7. The van der Waals surface area contributed by atoms with Gasteiger partial charge in [-0.1, -0.05) is 47.7 Å². The number of carbonyl (C=O) groups is 1. The van der Waals surface area contributed by atoms with Crippen LogP contribution in [0, 0.1) is 6.92 Å². The van der Waals surface area contributed by atoms with Crippen LogP contribution in [0.4, 0.5) is 13.2 Å². The summed E-state index contributed by atoms with van der Waals surface area (Å²) >= 11 is 1.13. The number of methoxy groups -OCH3 is 1. The maximum Gasteiger partial charge on any atom is 0.417 e. The van der Waals surface area contributed by atoms with Crippen molar-refractivity contribution >= 4 is 23.9 Å². The Morgan fingerprint density at radius 1 is 1.05 bits per heavy atom. The van der Waals surface area contributed by atoms with Crippen LogP contribution in [0.15, 0.2) is 83.1 Å². The Balaban J connectivity index is 1.51. The van der Waals surface area contributed by atoms with E-state index in [2.05, 4.69) is 20.7 Å². The summed E-state index contributed by atoms with van der Waals surface area (Å²) < 4.78 is 46.5. The molecule has 0 aliphatic carbocycles. The number of aromatic nitrogens is 3. The van der Waals surface area contributed by atoms with Crippen molar-refractivity contribution < 1.29 is 22.7 Å². The number of amides is 1. The third kappa shape index (κ3) is 6.36. The fourth-order valence-corrected chi connectivity index (χ4v) is 4.17. The van der Waals surface area contributed by atoms with Crippen molar-refractivity contribution in [1.82, 2.24) is 20.2 Å². The molecule has 1 N–H and O–H groups in total. The molecule has 4 rings (SSSR count). The van der Waals surface area contributed by atoms with Crippen molar-refractivity contribution in [1.29, 1.82) is 0 Å². The molecule has 0 atom stereocenters. The minimum Gasteiger partial charge on any atom is -0.497 e. The fraction of sp³-hybridized carbons (Fsp3) is 0.154. The zero-order valence-electron chi connectivity index (χ0n) is 19.9. The second-order valence-corrected chi connectivity index (χ2v) is 8.82. The first-order valence-corrected chi connectivity index (χ1v) is 12.0. The van der Waals surface area contributed by atoms with Gasteiger partial charge in [-0.15, -0.1) is 10.2 Å². The maximum absolute atomic E-state index is 13.1. The number of nitrogens with one attached hydrogen (secondary N) is 1. The SMILES string of the molecule is COc1ccc(-c2nnc(SCC(=O)N/N=C\c3ccccc3C(F)(F)F)n2-c2ccc(C)cc2)cc1. The van der Waals surface area contributed by atoms with Crippen molar-refractivity contribution in [3.63, 3.8) is 0 Å². The number of benzene rings is 3. The summed E-state index contributed by atoms with van der Waals surface area (Å²) in [7, 11) is 1.59. The van der Waals surface area contributed by atoms with E-state index in [1.807, 2.05) is 60.0 Å². The Hall–Kier alpha value is -4.12. The van der Waals surface area contributed by atoms with Crippen LogP contribution >= 0.6 is 11.8 Å². The first-order valence-electron chi connectivity index (χ1n) is 11.0. The molecule has 1 aromatic heterocycles. The van der Waals surface area contributed by atoms with Gasteiger partial charge in [-0.2, -0.15) is 18.3 Å². The minimum atomic E-state index is -4.52. The van der Waals surface area contributed by atoms with Crippen molar-refractivity contribution in [2.45, 2.75) is 18.3 Å². The van der Waals surface area contributed by atoms with E-state index >= 15 is 0 Å². The molecule has 0 saturated carbocycles. The van der Waals surface area contributed by atoms with Gasteiger partial charge in [0.2, 0.25) is 0 Å². The number of carbonyl (C=O) groups excluding carboxylic acids is 1. The summed E-state index contributed by atoms with van der Waals surface area (Å²) in [6.07, 6.45) is -3.55. The number of halogens is 3. The maximum atomic E-state index is 13.1. The van der Waals surface area contributed by atoms with Crippen LogP contribution in [0.3, 0.4) is 0 Å². The highest BCUT2D eigenvalue weighted by molar-refractivity contribution is 7.99. The number of rotatable bonds is 8. The second kappa shape index (κ2) is 11.3. The smallest absolute Gasteiger partial charge is 0.417 e. The molecule has 0 saturated heterocycles. The van der Waals surface area contributed by atoms with Crippen LogP contribution in [-0.2, 0) is 11.0 Å². The standard InChI is InChI=1S/C26H22F3N5O2S/c1-17-7-11-20(12-8-17)34-24(18-9-13-21(36-2)14-10-18)32-33-25(34)37-16-23(35)31-30-15-19-5-3-4-6-22(19)26(27,28)29/h3-15H,16H2,1-2H3,(H,31,35)/b30-15-. The summed E-state index contributed by atoms with van der Waals surface area (Å²) in [5.41, 5.74) is 3.99. The highest BCUT2D eigenvalue weighted by Gasteiger charge is 2.32. The highest BCUT2D eigenvalue weighted by Crippen LogP contribution is 2.31. The molecule has 0 unspecified atom stereocenters. The van der Waals surface area contributed by atoms with Gasteiger partial charge in [-0.3, -0.25) is 9.36 Å². The fourth-order valence-electron chi connectivity index (χ4n) is 3.42. The number of aryl methyl sites for hydroxylation is 1. The van der Waals surface area contributed by atoms with Crippen LogP contribution in [0.5, 0.6) is 5.75 Å². The molecule has 7 nitrogen and oxygen atoms in total. The molecule has 0 bridgehead atoms. The van der Waals surface area contributed by atoms with Gasteiger partial charge in [0.25, 0.3) is 5.91 Å². The van der Waals surface area contributed by atoms with Gasteiger partial charge in [0, 0.05) is 16.8 Å². The number of hydrogen-bond acceptors (Lipinski definition) is 6. The molecule has 0 fully saturated rings. The van der Waals surface area contributed by atoms with Gasteiger partial charge in [-0.25, -0.2) is 5.43 Å². The molecule has 37 heavy (non-hydrogen) atoms. The van der Waals surface area contributed by atoms with Crippen molar-refractivity contribution in [2.75, 3.05) is 12.9 Å². The molecule has 190 valence electrons. The van der Waals surface area contributed by atoms with E-state index in [0.29, 0.717) is 16.7 Å². The van der Waals surface area contributed by atoms with E-state index in [1.165, 1.54) is 18.2 Å².